The Balaban J connectivity index is 1.49. The summed E-state index contributed by atoms with van der Waals surface area (Å²) in [5.41, 5.74) is 3.61. The maximum Gasteiger partial charge on any atom is 0.0793 e. The lowest BCUT2D eigenvalue weighted by molar-refractivity contribution is 0.0576. The lowest BCUT2D eigenvalue weighted by atomic mass is 10.2. The van der Waals surface area contributed by atoms with Gasteiger partial charge in [0.2, 0.25) is 0 Å². The van der Waals surface area contributed by atoms with Crippen LogP contribution in [0.4, 0.5) is 0 Å². The van der Waals surface area contributed by atoms with Crippen LogP contribution in [0.1, 0.15) is 11.1 Å². The van der Waals surface area contributed by atoms with Crippen molar-refractivity contribution in [2.45, 2.75) is 19.6 Å². The minimum Gasteiger partial charge on any atom is -0.390 e. The highest BCUT2D eigenvalue weighted by Crippen LogP contribution is 2.15. The molecule has 1 atom stereocenters. The van der Waals surface area contributed by atoms with Crippen LogP contribution in [-0.2, 0) is 6.54 Å². The molecule has 0 amide bonds. The Labute approximate surface area is 156 Å². The molecule has 0 radical (unpaired) electrons. The monoisotopic (exact) mass is 357 g/mol. The fraction of sp³-hybridized carbons (Fsp3) is 0.550. The van der Waals surface area contributed by atoms with Crippen LogP contribution in [0.5, 0.6) is 0 Å². The van der Waals surface area contributed by atoms with Crippen LogP contribution in [0.25, 0.3) is 5.69 Å². The highest BCUT2D eigenvalue weighted by atomic mass is 16.3. The molecule has 1 unspecified atom stereocenters. The number of aromatic nitrogens is 2. The van der Waals surface area contributed by atoms with Gasteiger partial charge in [-0.1, -0.05) is 18.2 Å². The van der Waals surface area contributed by atoms with E-state index in [1.54, 1.807) is 0 Å². The number of aliphatic hydroxyl groups is 1. The van der Waals surface area contributed by atoms with Crippen molar-refractivity contribution in [2.75, 3.05) is 53.4 Å². The molecule has 1 aromatic carbocycles. The molecule has 2 aromatic rings. The van der Waals surface area contributed by atoms with Gasteiger partial charge in [0.1, 0.15) is 0 Å². The lowest BCUT2D eigenvalue weighted by Gasteiger charge is -2.35. The number of nitrogens with zero attached hydrogens (tertiary/aromatic N) is 5. The number of aryl methyl sites for hydroxylation is 1. The van der Waals surface area contributed by atoms with Crippen LogP contribution in [0.3, 0.4) is 0 Å². The van der Waals surface area contributed by atoms with E-state index >= 15 is 0 Å². The smallest absolute Gasteiger partial charge is 0.0793 e. The maximum atomic E-state index is 10.1. The first-order valence-electron chi connectivity index (χ1n) is 9.38. The molecule has 1 aliphatic rings. The minimum atomic E-state index is -0.274. The van der Waals surface area contributed by atoms with Gasteiger partial charge in [0.25, 0.3) is 0 Å². The van der Waals surface area contributed by atoms with Gasteiger partial charge in [0.05, 0.1) is 18.0 Å². The predicted molar refractivity (Wildman–Crippen MR) is 105 cm³/mol. The first-order valence-corrected chi connectivity index (χ1v) is 9.38. The van der Waals surface area contributed by atoms with E-state index in [0.717, 1.165) is 51.5 Å². The molecule has 142 valence electrons. The van der Waals surface area contributed by atoms with Crippen molar-refractivity contribution in [3.8, 4) is 5.69 Å². The number of rotatable bonds is 7. The average molecular weight is 358 g/mol. The summed E-state index contributed by atoms with van der Waals surface area (Å²) in [4.78, 5) is 6.86. The molecule has 3 rings (SSSR count). The van der Waals surface area contributed by atoms with Gasteiger partial charge >= 0.3 is 0 Å². The molecule has 6 heteroatoms. The van der Waals surface area contributed by atoms with Crippen molar-refractivity contribution in [3.05, 3.63) is 47.8 Å². The number of benzene rings is 1. The van der Waals surface area contributed by atoms with Gasteiger partial charge in [-0.25, -0.2) is 4.68 Å². The Bertz CT molecular complexity index is 691. The Kier molecular flexibility index (Phi) is 6.43. The topological polar surface area (TPSA) is 47.8 Å². The molecule has 0 spiro atoms. The number of likely N-dealkylation sites (N-methyl/N-ethyl adjacent to an activating group) is 1. The van der Waals surface area contributed by atoms with E-state index in [9.17, 15) is 5.11 Å². The second-order valence-corrected chi connectivity index (χ2v) is 7.57. The van der Waals surface area contributed by atoms with Crippen molar-refractivity contribution >= 4 is 0 Å². The van der Waals surface area contributed by atoms with Gasteiger partial charge in [-0.05, 0) is 32.6 Å². The number of hydrogen-bond donors (Lipinski definition) is 1. The zero-order valence-corrected chi connectivity index (χ0v) is 16.2. The van der Waals surface area contributed by atoms with Crippen LogP contribution < -0.4 is 0 Å². The number of piperazine rings is 1. The van der Waals surface area contributed by atoms with E-state index in [2.05, 4.69) is 46.2 Å². The normalized spacial score (nSPS) is 17.7. The molecule has 6 nitrogen and oxygen atoms in total. The SMILES string of the molecule is Cc1ccccc1-n1cc(CN2CCN(CC(O)CN(C)C)CC2)cn1. The second kappa shape index (κ2) is 8.77. The molecule has 0 saturated carbocycles. The highest BCUT2D eigenvalue weighted by Gasteiger charge is 2.20. The van der Waals surface area contributed by atoms with Crippen molar-refractivity contribution in [3.63, 3.8) is 0 Å². The van der Waals surface area contributed by atoms with Crippen LogP contribution >= 0.6 is 0 Å². The Morgan fingerprint density at radius 2 is 1.81 bits per heavy atom. The van der Waals surface area contributed by atoms with Crippen molar-refractivity contribution < 1.29 is 5.11 Å². The van der Waals surface area contributed by atoms with Gasteiger partial charge in [-0.3, -0.25) is 9.80 Å². The Hall–Kier alpha value is -1.73. The second-order valence-electron chi connectivity index (χ2n) is 7.57. The third-order valence-electron chi connectivity index (χ3n) is 4.91. The Morgan fingerprint density at radius 1 is 1.12 bits per heavy atom. The van der Waals surface area contributed by atoms with Crippen LogP contribution in [0.15, 0.2) is 36.7 Å². The summed E-state index contributed by atoms with van der Waals surface area (Å²) in [6.45, 7) is 8.61. The molecule has 1 N–H and O–H groups in total. The van der Waals surface area contributed by atoms with Crippen LogP contribution in [0, 0.1) is 6.92 Å². The summed E-state index contributed by atoms with van der Waals surface area (Å²) in [5, 5.41) is 14.6. The predicted octanol–water partition coefficient (Wildman–Crippen LogP) is 1.22. The van der Waals surface area contributed by atoms with Crippen molar-refractivity contribution in [2.24, 2.45) is 0 Å². The van der Waals surface area contributed by atoms with Crippen molar-refractivity contribution in [1.29, 1.82) is 0 Å². The molecule has 0 aliphatic carbocycles. The highest BCUT2D eigenvalue weighted by molar-refractivity contribution is 5.39. The zero-order valence-electron chi connectivity index (χ0n) is 16.2. The average Bonchev–Trinajstić information content (AvgIpc) is 3.04. The Morgan fingerprint density at radius 3 is 2.50 bits per heavy atom. The van der Waals surface area contributed by atoms with E-state index in [0.29, 0.717) is 0 Å². The number of β-amino-alcohol motifs (C(OH)–C–C–N with tert-alkyl or cyclic N) is 1. The number of hydrogen-bond acceptors (Lipinski definition) is 5. The molecule has 1 aliphatic heterocycles. The van der Waals surface area contributed by atoms with Crippen molar-refractivity contribution in [1.82, 2.24) is 24.5 Å². The fourth-order valence-corrected chi connectivity index (χ4v) is 3.56. The fourth-order valence-electron chi connectivity index (χ4n) is 3.56. The van der Waals surface area contributed by atoms with Gasteiger partial charge in [-0.15, -0.1) is 0 Å². The van der Waals surface area contributed by atoms with Gasteiger partial charge in [0, 0.05) is 57.6 Å². The lowest BCUT2D eigenvalue weighted by Crippen LogP contribution is -2.49. The summed E-state index contributed by atoms with van der Waals surface area (Å²) in [5.74, 6) is 0. The molecule has 1 saturated heterocycles. The summed E-state index contributed by atoms with van der Waals surface area (Å²) in [6.07, 6.45) is 3.83. The maximum absolute atomic E-state index is 10.1. The van der Waals surface area contributed by atoms with E-state index in [1.165, 1.54) is 11.1 Å². The minimum absolute atomic E-state index is 0.274. The number of para-hydroxylation sites is 1. The van der Waals surface area contributed by atoms with E-state index < -0.39 is 0 Å². The molecular formula is C20H31N5O. The largest absolute Gasteiger partial charge is 0.390 e. The molecular weight excluding hydrogens is 326 g/mol. The summed E-state index contributed by atoms with van der Waals surface area (Å²) >= 11 is 0. The van der Waals surface area contributed by atoms with Crippen LogP contribution in [0.2, 0.25) is 0 Å². The van der Waals surface area contributed by atoms with Gasteiger partial charge in [-0.2, -0.15) is 5.10 Å². The van der Waals surface area contributed by atoms with Gasteiger partial charge in [0.15, 0.2) is 0 Å². The molecule has 0 bridgehead atoms. The summed E-state index contributed by atoms with van der Waals surface area (Å²) < 4.78 is 1.97. The third kappa shape index (κ3) is 5.14. The standard InChI is InChI=1S/C20H31N5O/c1-17-6-4-5-7-20(17)25-14-18(12-21-25)13-23-8-10-24(11-9-23)16-19(26)15-22(2)3/h4-7,12,14,19,26H,8-11,13,15-16H2,1-3H3. The summed E-state index contributed by atoms with van der Waals surface area (Å²) in [6, 6.07) is 8.32. The zero-order chi connectivity index (χ0) is 18.5. The first-order chi connectivity index (χ1) is 12.5. The van der Waals surface area contributed by atoms with E-state index in [-0.39, 0.29) is 6.10 Å². The summed E-state index contributed by atoms with van der Waals surface area (Å²) in [7, 11) is 4.00. The van der Waals surface area contributed by atoms with Gasteiger partial charge < -0.3 is 10.0 Å². The van der Waals surface area contributed by atoms with E-state index in [4.69, 9.17) is 0 Å². The molecule has 1 fully saturated rings. The molecule has 2 heterocycles. The molecule has 1 aromatic heterocycles. The first kappa shape index (κ1) is 19.0. The quantitative estimate of drug-likeness (QED) is 0.807. The number of aliphatic hydroxyl groups excluding tert-OH is 1. The third-order valence-corrected chi connectivity index (χ3v) is 4.91. The van der Waals surface area contributed by atoms with E-state index in [1.807, 2.05) is 35.9 Å². The molecule has 26 heavy (non-hydrogen) atoms. The van der Waals surface area contributed by atoms with Crippen LogP contribution in [-0.4, -0.2) is 89.1 Å².